The Morgan fingerprint density at radius 2 is 1.38 bits per heavy atom. The molecule has 2 amide bonds. The maximum Gasteiger partial charge on any atom is 0.303 e. The summed E-state index contributed by atoms with van der Waals surface area (Å²) < 4.78 is 11.4. The molecule has 2 N–H and O–H groups in total. The van der Waals surface area contributed by atoms with Crippen LogP contribution in [-0.4, -0.2) is 25.0 Å². The molecule has 0 saturated carbocycles. The third kappa shape index (κ3) is 4.91. The highest BCUT2D eigenvalue weighted by Gasteiger charge is 2.42. The molecule has 6 heteroatoms. The van der Waals surface area contributed by atoms with Crippen LogP contribution in [0.25, 0.3) is 0 Å². The number of carbonyl (C=O) groups excluding carboxylic acids is 2. The quantitative estimate of drug-likeness (QED) is 0.562. The average Bonchev–Trinajstić information content (AvgIpc) is 2.67. The maximum atomic E-state index is 12.8. The molecule has 0 aliphatic heterocycles. The molecule has 0 fully saturated rings. The minimum Gasteiger partial charge on any atom is -0.339 e. The summed E-state index contributed by atoms with van der Waals surface area (Å²) in [7, 11) is 0. The van der Waals surface area contributed by atoms with Gasteiger partial charge < -0.3 is 9.47 Å². The Labute approximate surface area is 153 Å². The van der Waals surface area contributed by atoms with E-state index in [9.17, 15) is 9.59 Å². The zero-order chi connectivity index (χ0) is 18.8. The van der Waals surface area contributed by atoms with Crippen molar-refractivity contribution in [2.24, 2.45) is 0 Å². The molecule has 0 spiro atoms. The van der Waals surface area contributed by atoms with Crippen molar-refractivity contribution in [1.29, 1.82) is 0 Å². The van der Waals surface area contributed by atoms with Crippen molar-refractivity contribution in [3.8, 4) is 0 Å². The molecule has 0 bridgehead atoms. The van der Waals surface area contributed by atoms with E-state index in [2.05, 4.69) is 10.9 Å². The number of nitrogens with one attached hydrogen (secondary N) is 2. The van der Waals surface area contributed by atoms with Crippen LogP contribution >= 0.6 is 0 Å². The summed E-state index contributed by atoms with van der Waals surface area (Å²) in [5.41, 5.74) is 6.25. The smallest absolute Gasteiger partial charge is 0.303 e. The largest absolute Gasteiger partial charge is 0.339 e. The van der Waals surface area contributed by atoms with Crippen LogP contribution < -0.4 is 10.9 Å². The van der Waals surface area contributed by atoms with E-state index in [1.165, 1.54) is 0 Å². The Hall–Kier alpha value is -2.70. The summed E-state index contributed by atoms with van der Waals surface area (Å²) in [4.78, 5) is 24.9. The van der Waals surface area contributed by atoms with Crippen molar-refractivity contribution in [2.75, 3.05) is 13.2 Å². The van der Waals surface area contributed by atoms with Crippen LogP contribution in [0.2, 0.25) is 0 Å². The van der Waals surface area contributed by atoms with Crippen LogP contribution in [0.15, 0.2) is 60.7 Å². The number of benzene rings is 2. The SMILES string of the molecule is CCOC(OCC)(C(=O)NNC(=O)Cc1ccccc1)c1ccccc1. The van der Waals surface area contributed by atoms with Crippen LogP contribution in [0.3, 0.4) is 0 Å². The van der Waals surface area contributed by atoms with E-state index in [1.54, 1.807) is 38.1 Å². The van der Waals surface area contributed by atoms with Crippen LogP contribution in [0.4, 0.5) is 0 Å². The first-order chi connectivity index (χ1) is 12.6. The zero-order valence-corrected chi connectivity index (χ0v) is 15.0. The fraction of sp³-hybridized carbons (Fsp3) is 0.300. The summed E-state index contributed by atoms with van der Waals surface area (Å²) in [5.74, 6) is -2.54. The van der Waals surface area contributed by atoms with Crippen molar-refractivity contribution in [3.05, 3.63) is 71.8 Å². The van der Waals surface area contributed by atoms with Gasteiger partial charge in [0, 0.05) is 18.8 Å². The second-order valence-corrected chi connectivity index (χ2v) is 5.51. The van der Waals surface area contributed by atoms with E-state index in [1.807, 2.05) is 36.4 Å². The third-order valence-electron chi connectivity index (χ3n) is 3.67. The van der Waals surface area contributed by atoms with Gasteiger partial charge in [-0.3, -0.25) is 20.4 Å². The standard InChI is InChI=1S/C20H24N2O4/c1-3-25-20(26-4-2,17-13-9-6-10-14-17)19(24)22-21-18(23)15-16-11-7-5-8-12-16/h5-14H,3-4,15H2,1-2H3,(H,21,23)(H,22,24). The fourth-order valence-corrected chi connectivity index (χ4v) is 2.57. The van der Waals surface area contributed by atoms with E-state index < -0.39 is 11.7 Å². The van der Waals surface area contributed by atoms with Crippen molar-refractivity contribution in [3.63, 3.8) is 0 Å². The molecule has 0 saturated heterocycles. The van der Waals surface area contributed by atoms with Gasteiger partial charge in [-0.2, -0.15) is 0 Å². The molecule has 2 rings (SSSR count). The first kappa shape index (κ1) is 19.6. The van der Waals surface area contributed by atoms with E-state index in [0.29, 0.717) is 5.56 Å². The van der Waals surface area contributed by atoms with Gasteiger partial charge in [0.25, 0.3) is 5.79 Å². The summed E-state index contributed by atoms with van der Waals surface area (Å²) in [6.07, 6.45) is 0.155. The molecule has 0 aliphatic rings. The second-order valence-electron chi connectivity index (χ2n) is 5.51. The van der Waals surface area contributed by atoms with Crippen LogP contribution in [0.1, 0.15) is 25.0 Å². The van der Waals surface area contributed by atoms with E-state index >= 15 is 0 Å². The van der Waals surface area contributed by atoms with Gasteiger partial charge in [-0.15, -0.1) is 0 Å². The first-order valence-electron chi connectivity index (χ1n) is 8.59. The highest BCUT2D eigenvalue weighted by atomic mass is 16.7. The monoisotopic (exact) mass is 356 g/mol. The molecular weight excluding hydrogens is 332 g/mol. The summed E-state index contributed by atoms with van der Waals surface area (Å²) in [6, 6.07) is 18.2. The van der Waals surface area contributed by atoms with Crippen molar-refractivity contribution < 1.29 is 19.1 Å². The van der Waals surface area contributed by atoms with Crippen molar-refractivity contribution in [2.45, 2.75) is 26.1 Å². The summed E-state index contributed by atoms with van der Waals surface area (Å²) in [5, 5.41) is 0. The molecule has 6 nitrogen and oxygen atoms in total. The lowest BCUT2D eigenvalue weighted by molar-refractivity contribution is -0.235. The molecule has 26 heavy (non-hydrogen) atoms. The van der Waals surface area contributed by atoms with Gasteiger partial charge in [0.15, 0.2) is 0 Å². The van der Waals surface area contributed by atoms with Crippen molar-refractivity contribution in [1.82, 2.24) is 10.9 Å². The van der Waals surface area contributed by atoms with Crippen molar-refractivity contribution >= 4 is 11.8 Å². The number of amides is 2. The van der Waals surface area contributed by atoms with Gasteiger partial charge >= 0.3 is 5.91 Å². The molecule has 2 aromatic rings. The minimum absolute atomic E-state index is 0.155. The molecule has 0 aliphatic carbocycles. The maximum absolute atomic E-state index is 12.8. The lowest BCUT2D eigenvalue weighted by Crippen LogP contribution is -2.54. The lowest BCUT2D eigenvalue weighted by Gasteiger charge is -2.31. The fourth-order valence-electron chi connectivity index (χ4n) is 2.57. The van der Waals surface area contributed by atoms with Gasteiger partial charge in [0.1, 0.15) is 0 Å². The van der Waals surface area contributed by atoms with Gasteiger partial charge in [-0.05, 0) is 19.4 Å². The first-order valence-corrected chi connectivity index (χ1v) is 8.59. The molecule has 0 radical (unpaired) electrons. The van der Waals surface area contributed by atoms with Gasteiger partial charge in [0.2, 0.25) is 5.91 Å². The number of hydrogen-bond donors (Lipinski definition) is 2. The molecular formula is C20H24N2O4. The number of carbonyl (C=O) groups is 2. The normalized spacial score (nSPS) is 11.0. The lowest BCUT2D eigenvalue weighted by atomic mass is 10.0. The van der Waals surface area contributed by atoms with Crippen LogP contribution in [0, 0.1) is 0 Å². The highest BCUT2D eigenvalue weighted by molar-refractivity contribution is 5.88. The molecule has 138 valence electrons. The number of ether oxygens (including phenoxy) is 2. The van der Waals surface area contributed by atoms with E-state index in [4.69, 9.17) is 9.47 Å². The Morgan fingerprint density at radius 1 is 0.846 bits per heavy atom. The topological polar surface area (TPSA) is 76.7 Å². The van der Waals surface area contributed by atoms with E-state index in [0.717, 1.165) is 5.56 Å². The number of rotatable bonds is 8. The van der Waals surface area contributed by atoms with E-state index in [-0.39, 0.29) is 25.5 Å². The van der Waals surface area contributed by atoms with Crippen LogP contribution in [0.5, 0.6) is 0 Å². The Kier molecular flexibility index (Phi) is 7.32. The Balaban J connectivity index is 2.10. The number of hydrazine groups is 1. The highest BCUT2D eigenvalue weighted by Crippen LogP contribution is 2.27. The second kappa shape index (κ2) is 9.70. The zero-order valence-electron chi connectivity index (χ0n) is 15.0. The van der Waals surface area contributed by atoms with Gasteiger partial charge in [0.05, 0.1) is 6.42 Å². The molecule has 0 atom stereocenters. The Morgan fingerprint density at radius 3 is 1.92 bits per heavy atom. The molecule has 0 unspecified atom stereocenters. The van der Waals surface area contributed by atoms with Crippen LogP contribution in [-0.2, 0) is 31.3 Å². The predicted molar refractivity (Wildman–Crippen MR) is 97.8 cm³/mol. The third-order valence-corrected chi connectivity index (χ3v) is 3.67. The Bertz CT molecular complexity index is 698. The molecule has 2 aromatic carbocycles. The summed E-state index contributed by atoms with van der Waals surface area (Å²) >= 11 is 0. The summed E-state index contributed by atoms with van der Waals surface area (Å²) in [6.45, 7) is 4.08. The minimum atomic E-state index is -1.62. The molecule has 0 aromatic heterocycles. The predicted octanol–water partition coefficient (Wildman–Crippen LogP) is 2.30. The number of hydrogen-bond acceptors (Lipinski definition) is 4. The molecule has 0 heterocycles. The van der Waals surface area contributed by atoms with Gasteiger partial charge in [-0.1, -0.05) is 60.7 Å². The average molecular weight is 356 g/mol. The van der Waals surface area contributed by atoms with Gasteiger partial charge in [-0.25, -0.2) is 0 Å².